The number of carbonyl (C=O) groups is 1. The molecular weight excluding hydrogens is 472 g/mol. The summed E-state index contributed by atoms with van der Waals surface area (Å²) in [4.78, 5) is 17.5. The average Bonchev–Trinajstić information content (AvgIpc) is 3.17. The SMILES string of the molecule is Cc1oc(-c2ccc(C(F)(F)F)cc2)nc1CCOc1cccc2c1CCCN2CCC(=O)O.[NaH]. The Morgan fingerprint density at radius 3 is 2.63 bits per heavy atom. The summed E-state index contributed by atoms with van der Waals surface area (Å²) in [6.45, 7) is 3.39. The summed E-state index contributed by atoms with van der Waals surface area (Å²) in [6, 6.07) is 10.5. The maximum atomic E-state index is 12.8. The summed E-state index contributed by atoms with van der Waals surface area (Å²) >= 11 is 0. The number of nitrogens with zero attached hydrogens (tertiary/aromatic N) is 2. The molecule has 0 unspecified atom stereocenters. The number of ether oxygens (including phenoxy) is 1. The van der Waals surface area contributed by atoms with Gasteiger partial charge in [0.1, 0.15) is 11.5 Å². The summed E-state index contributed by atoms with van der Waals surface area (Å²) in [5.74, 6) is 0.806. The molecule has 1 aliphatic rings. The van der Waals surface area contributed by atoms with Crippen molar-refractivity contribution < 1.29 is 32.2 Å². The molecule has 0 saturated carbocycles. The standard InChI is InChI=1S/C25H25F3N2O4.Na.H/c1-16-20(29-24(34-16)17-7-9-18(10-8-17)25(26,27)28)12-15-33-22-6-2-5-21-19(22)4-3-13-30(21)14-11-23(31)32;;/h2,5-10H,3-4,11-15H2,1H3,(H,31,32);;. The average molecular weight is 498 g/mol. The predicted molar refractivity (Wildman–Crippen MR) is 127 cm³/mol. The molecule has 4 rings (SSSR count). The first-order valence-corrected chi connectivity index (χ1v) is 11.1. The van der Waals surface area contributed by atoms with Crippen LogP contribution in [0.25, 0.3) is 11.5 Å². The van der Waals surface area contributed by atoms with Crippen LogP contribution in [0.2, 0.25) is 0 Å². The van der Waals surface area contributed by atoms with Gasteiger partial charge < -0.3 is 19.2 Å². The molecule has 0 aliphatic carbocycles. The number of alkyl halides is 3. The zero-order chi connectivity index (χ0) is 24.3. The van der Waals surface area contributed by atoms with E-state index in [-0.39, 0.29) is 41.9 Å². The molecule has 1 N–H and O–H groups in total. The fourth-order valence-corrected chi connectivity index (χ4v) is 4.11. The van der Waals surface area contributed by atoms with Crippen LogP contribution in [0.15, 0.2) is 46.9 Å². The number of hydrogen-bond acceptors (Lipinski definition) is 5. The van der Waals surface area contributed by atoms with Crippen molar-refractivity contribution >= 4 is 41.2 Å². The Balaban J connectivity index is 0.00000342. The Labute approximate surface area is 223 Å². The summed E-state index contributed by atoms with van der Waals surface area (Å²) in [5.41, 5.74) is 2.51. The van der Waals surface area contributed by atoms with Gasteiger partial charge in [0.25, 0.3) is 0 Å². The molecule has 0 fully saturated rings. The van der Waals surface area contributed by atoms with Crippen molar-refractivity contribution in [3.05, 3.63) is 65.0 Å². The van der Waals surface area contributed by atoms with E-state index in [1.165, 1.54) is 12.1 Å². The molecule has 10 heteroatoms. The maximum absolute atomic E-state index is 12.8. The third-order valence-electron chi connectivity index (χ3n) is 5.85. The number of fused-ring (bicyclic) bond motifs is 1. The fourth-order valence-electron chi connectivity index (χ4n) is 4.11. The first kappa shape index (κ1) is 27.1. The van der Waals surface area contributed by atoms with Crippen molar-refractivity contribution in [3.63, 3.8) is 0 Å². The third-order valence-corrected chi connectivity index (χ3v) is 5.85. The van der Waals surface area contributed by atoms with E-state index >= 15 is 0 Å². The Morgan fingerprint density at radius 2 is 1.94 bits per heavy atom. The van der Waals surface area contributed by atoms with Crippen molar-refractivity contribution in [1.29, 1.82) is 0 Å². The number of benzene rings is 2. The van der Waals surface area contributed by atoms with Gasteiger partial charge >= 0.3 is 41.7 Å². The second-order valence-electron chi connectivity index (χ2n) is 8.18. The summed E-state index contributed by atoms with van der Waals surface area (Å²) in [7, 11) is 0. The number of aromatic nitrogens is 1. The van der Waals surface area contributed by atoms with Crippen molar-refractivity contribution in [2.75, 3.05) is 24.6 Å². The first-order valence-electron chi connectivity index (χ1n) is 11.1. The van der Waals surface area contributed by atoms with Crippen LogP contribution in [0.1, 0.15) is 35.4 Å². The van der Waals surface area contributed by atoms with Gasteiger partial charge in [0.2, 0.25) is 5.89 Å². The molecule has 2 aromatic carbocycles. The molecule has 3 aromatic rings. The molecule has 0 spiro atoms. The molecule has 6 nitrogen and oxygen atoms in total. The van der Waals surface area contributed by atoms with E-state index in [0.29, 0.717) is 36.6 Å². The van der Waals surface area contributed by atoms with Gasteiger partial charge in [-0.25, -0.2) is 4.98 Å². The van der Waals surface area contributed by atoms with Crippen LogP contribution in [-0.2, 0) is 23.8 Å². The number of aryl methyl sites for hydroxylation is 1. The quantitative estimate of drug-likeness (QED) is 0.447. The van der Waals surface area contributed by atoms with E-state index < -0.39 is 17.7 Å². The number of carboxylic acid groups (broad SMARTS) is 1. The number of aliphatic carboxylic acids is 1. The van der Waals surface area contributed by atoms with E-state index in [0.717, 1.165) is 48.5 Å². The topological polar surface area (TPSA) is 75.8 Å². The number of hydrogen-bond donors (Lipinski definition) is 1. The second kappa shape index (κ2) is 11.5. The Kier molecular flexibility index (Phi) is 8.90. The van der Waals surface area contributed by atoms with Crippen LogP contribution in [0.4, 0.5) is 18.9 Å². The van der Waals surface area contributed by atoms with Crippen LogP contribution >= 0.6 is 0 Å². The molecule has 1 aromatic heterocycles. The third kappa shape index (κ3) is 6.59. The van der Waals surface area contributed by atoms with Gasteiger partial charge in [-0.3, -0.25) is 4.79 Å². The van der Waals surface area contributed by atoms with Gasteiger partial charge in [-0.05, 0) is 56.2 Å². The van der Waals surface area contributed by atoms with Gasteiger partial charge in [-0.2, -0.15) is 13.2 Å². The van der Waals surface area contributed by atoms with E-state index in [9.17, 15) is 18.0 Å². The minimum absolute atomic E-state index is 0. The van der Waals surface area contributed by atoms with E-state index in [4.69, 9.17) is 14.3 Å². The Hall–Kier alpha value is -2.49. The van der Waals surface area contributed by atoms with E-state index in [2.05, 4.69) is 9.88 Å². The van der Waals surface area contributed by atoms with Crippen molar-refractivity contribution in [2.24, 2.45) is 0 Å². The molecule has 1 aliphatic heterocycles. The van der Waals surface area contributed by atoms with Crippen molar-refractivity contribution in [2.45, 2.75) is 38.8 Å². The zero-order valence-electron chi connectivity index (χ0n) is 18.7. The van der Waals surface area contributed by atoms with Crippen LogP contribution < -0.4 is 9.64 Å². The molecule has 182 valence electrons. The van der Waals surface area contributed by atoms with Gasteiger partial charge in [0, 0.05) is 36.3 Å². The fraction of sp³-hybridized carbons (Fsp3) is 0.360. The summed E-state index contributed by atoms with van der Waals surface area (Å²) in [5, 5.41) is 9.00. The molecule has 0 bridgehead atoms. The number of carboxylic acids is 1. The van der Waals surface area contributed by atoms with Gasteiger partial charge in [-0.15, -0.1) is 0 Å². The van der Waals surface area contributed by atoms with Crippen molar-refractivity contribution in [1.82, 2.24) is 4.98 Å². The number of oxazole rings is 1. The van der Waals surface area contributed by atoms with Gasteiger partial charge in [0.05, 0.1) is 24.3 Å². The van der Waals surface area contributed by atoms with Crippen LogP contribution in [0.3, 0.4) is 0 Å². The van der Waals surface area contributed by atoms with Crippen molar-refractivity contribution in [3.8, 4) is 17.2 Å². The summed E-state index contributed by atoms with van der Waals surface area (Å²) < 4.78 is 50.1. The summed E-state index contributed by atoms with van der Waals surface area (Å²) in [6.07, 6.45) is -2.06. The first-order chi connectivity index (χ1) is 16.2. The second-order valence-corrected chi connectivity index (χ2v) is 8.18. The monoisotopic (exact) mass is 498 g/mol. The predicted octanol–water partition coefficient (Wildman–Crippen LogP) is 4.87. The van der Waals surface area contributed by atoms with Crippen LogP contribution in [0.5, 0.6) is 5.75 Å². The van der Waals surface area contributed by atoms with E-state index in [1.807, 2.05) is 18.2 Å². The van der Waals surface area contributed by atoms with Crippen LogP contribution in [-0.4, -0.2) is 65.3 Å². The molecule has 2 heterocycles. The molecule has 0 atom stereocenters. The molecule has 0 radical (unpaired) electrons. The Morgan fingerprint density at radius 1 is 1.20 bits per heavy atom. The molecule has 0 saturated heterocycles. The zero-order valence-corrected chi connectivity index (χ0v) is 18.7. The van der Waals surface area contributed by atoms with Gasteiger partial charge in [0.15, 0.2) is 0 Å². The molecule has 0 amide bonds. The van der Waals surface area contributed by atoms with Gasteiger partial charge in [-0.1, -0.05) is 6.07 Å². The number of anilines is 1. The van der Waals surface area contributed by atoms with Crippen LogP contribution in [0, 0.1) is 6.92 Å². The molecule has 35 heavy (non-hydrogen) atoms. The number of halogens is 3. The molecular formula is C25H26F3N2NaO4. The Bertz CT molecular complexity index is 1160. The normalized spacial score (nSPS) is 13.2. The minimum atomic E-state index is -4.39. The number of rotatable bonds is 8. The van der Waals surface area contributed by atoms with E-state index in [1.54, 1.807) is 6.92 Å².